The molecule has 0 saturated heterocycles. The molecule has 0 aliphatic heterocycles. The Bertz CT molecular complexity index is 151. The zero-order valence-electron chi connectivity index (χ0n) is 9.30. The van der Waals surface area contributed by atoms with Crippen LogP contribution in [0, 0.1) is 0 Å². The molecule has 0 unspecified atom stereocenters. The number of methoxy groups -OCH3 is 1. The molecule has 84 valence electrons. The number of urea groups is 1. The lowest BCUT2D eigenvalue weighted by Crippen LogP contribution is -2.39. The quantitative estimate of drug-likeness (QED) is 0.567. The minimum absolute atomic E-state index is 0.108. The topological polar surface area (TPSA) is 53.6 Å². The molecule has 0 atom stereocenters. The lowest BCUT2D eigenvalue weighted by molar-refractivity contribution is 0.193. The van der Waals surface area contributed by atoms with Crippen molar-refractivity contribution in [1.29, 1.82) is 0 Å². The zero-order chi connectivity index (χ0) is 10.8. The SMILES string of the molecule is COCCCNC(=O)NCCN(C)C. The first kappa shape index (κ1) is 13.2. The number of hydrogen-bond acceptors (Lipinski definition) is 3. The molecule has 0 rings (SSSR count). The van der Waals surface area contributed by atoms with Gasteiger partial charge < -0.3 is 20.3 Å². The molecule has 5 heteroatoms. The van der Waals surface area contributed by atoms with Crippen molar-refractivity contribution in [2.24, 2.45) is 0 Å². The number of hydrogen-bond donors (Lipinski definition) is 2. The van der Waals surface area contributed by atoms with Gasteiger partial charge in [-0.15, -0.1) is 0 Å². The molecule has 0 aromatic carbocycles. The number of nitrogens with one attached hydrogen (secondary N) is 2. The van der Waals surface area contributed by atoms with Gasteiger partial charge in [0.25, 0.3) is 0 Å². The summed E-state index contributed by atoms with van der Waals surface area (Å²) in [7, 11) is 5.59. The summed E-state index contributed by atoms with van der Waals surface area (Å²) in [5.41, 5.74) is 0. The number of nitrogens with zero attached hydrogens (tertiary/aromatic N) is 1. The molecule has 2 N–H and O–H groups in total. The fourth-order valence-electron chi connectivity index (χ4n) is 0.874. The van der Waals surface area contributed by atoms with Crippen LogP contribution < -0.4 is 10.6 Å². The van der Waals surface area contributed by atoms with E-state index in [1.807, 2.05) is 19.0 Å². The molecular formula is C9H21N3O2. The van der Waals surface area contributed by atoms with Crippen molar-refractivity contribution in [3.8, 4) is 0 Å². The molecular weight excluding hydrogens is 182 g/mol. The van der Waals surface area contributed by atoms with Gasteiger partial charge in [-0.25, -0.2) is 4.79 Å². The molecule has 0 fully saturated rings. The highest BCUT2D eigenvalue weighted by Crippen LogP contribution is 1.77. The molecule has 0 bridgehead atoms. The Morgan fingerprint density at radius 2 is 1.93 bits per heavy atom. The van der Waals surface area contributed by atoms with Gasteiger partial charge in [-0.1, -0.05) is 0 Å². The van der Waals surface area contributed by atoms with Crippen LogP contribution in [0.1, 0.15) is 6.42 Å². The summed E-state index contributed by atoms with van der Waals surface area (Å²) in [5.74, 6) is 0. The normalized spacial score (nSPS) is 10.3. The number of likely N-dealkylation sites (N-methyl/N-ethyl adjacent to an activating group) is 1. The zero-order valence-corrected chi connectivity index (χ0v) is 9.30. The Kier molecular flexibility index (Phi) is 8.27. The summed E-state index contributed by atoms with van der Waals surface area (Å²) >= 11 is 0. The number of ether oxygens (including phenoxy) is 1. The molecule has 0 aliphatic carbocycles. The molecule has 0 spiro atoms. The van der Waals surface area contributed by atoms with Crippen LogP contribution >= 0.6 is 0 Å². The Morgan fingerprint density at radius 3 is 2.50 bits per heavy atom. The van der Waals surface area contributed by atoms with Gasteiger partial charge in [-0.3, -0.25) is 0 Å². The summed E-state index contributed by atoms with van der Waals surface area (Å²) in [4.78, 5) is 13.1. The molecule has 0 aliphatic rings. The third-order valence-corrected chi connectivity index (χ3v) is 1.66. The second kappa shape index (κ2) is 8.77. The van der Waals surface area contributed by atoms with E-state index in [0.717, 1.165) is 13.0 Å². The molecule has 0 saturated carbocycles. The first-order valence-electron chi connectivity index (χ1n) is 4.82. The van der Waals surface area contributed by atoms with Crippen molar-refractivity contribution in [1.82, 2.24) is 15.5 Å². The predicted octanol–water partition coefficient (Wildman–Crippen LogP) is -0.116. The van der Waals surface area contributed by atoms with Gasteiger partial charge in [0, 0.05) is 33.4 Å². The number of amides is 2. The van der Waals surface area contributed by atoms with E-state index in [2.05, 4.69) is 10.6 Å². The van der Waals surface area contributed by atoms with E-state index in [4.69, 9.17) is 4.74 Å². The van der Waals surface area contributed by atoms with Crippen molar-refractivity contribution < 1.29 is 9.53 Å². The molecule has 2 amide bonds. The average molecular weight is 203 g/mol. The van der Waals surface area contributed by atoms with Gasteiger partial charge in [-0.05, 0) is 20.5 Å². The van der Waals surface area contributed by atoms with E-state index < -0.39 is 0 Å². The van der Waals surface area contributed by atoms with Crippen LogP contribution in [0.2, 0.25) is 0 Å². The van der Waals surface area contributed by atoms with Crippen LogP contribution in [0.25, 0.3) is 0 Å². The van der Waals surface area contributed by atoms with Gasteiger partial charge in [0.2, 0.25) is 0 Å². The van der Waals surface area contributed by atoms with E-state index in [1.54, 1.807) is 7.11 Å². The first-order chi connectivity index (χ1) is 6.66. The minimum Gasteiger partial charge on any atom is -0.385 e. The van der Waals surface area contributed by atoms with E-state index in [9.17, 15) is 4.79 Å². The Morgan fingerprint density at radius 1 is 1.29 bits per heavy atom. The fourth-order valence-corrected chi connectivity index (χ4v) is 0.874. The van der Waals surface area contributed by atoms with Crippen molar-refractivity contribution in [3.63, 3.8) is 0 Å². The molecule has 5 nitrogen and oxygen atoms in total. The maximum atomic E-state index is 11.1. The van der Waals surface area contributed by atoms with Crippen LogP contribution in [0.15, 0.2) is 0 Å². The van der Waals surface area contributed by atoms with Crippen LogP contribution in [0.3, 0.4) is 0 Å². The Balaban J connectivity index is 3.20. The number of rotatable bonds is 7. The molecule has 0 aromatic heterocycles. The van der Waals surface area contributed by atoms with Gasteiger partial charge in [0.15, 0.2) is 0 Å². The lowest BCUT2D eigenvalue weighted by Gasteiger charge is -2.11. The van der Waals surface area contributed by atoms with Crippen molar-refractivity contribution >= 4 is 6.03 Å². The van der Waals surface area contributed by atoms with Crippen LogP contribution in [0.5, 0.6) is 0 Å². The lowest BCUT2D eigenvalue weighted by atomic mass is 10.4. The van der Waals surface area contributed by atoms with Crippen LogP contribution in [-0.2, 0) is 4.74 Å². The largest absolute Gasteiger partial charge is 0.385 e. The van der Waals surface area contributed by atoms with Gasteiger partial charge in [0.05, 0.1) is 0 Å². The van der Waals surface area contributed by atoms with E-state index in [0.29, 0.717) is 19.7 Å². The second-order valence-corrected chi connectivity index (χ2v) is 3.33. The van der Waals surface area contributed by atoms with E-state index in [1.165, 1.54) is 0 Å². The highest BCUT2D eigenvalue weighted by atomic mass is 16.5. The maximum Gasteiger partial charge on any atom is 0.314 e. The monoisotopic (exact) mass is 203 g/mol. The summed E-state index contributed by atoms with van der Waals surface area (Å²) in [6.45, 7) is 2.86. The second-order valence-electron chi connectivity index (χ2n) is 3.33. The highest BCUT2D eigenvalue weighted by Gasteiger charge is 1.97. The third-order valence-electron chi connectivity index (χ3n) is 1.66. The summed E-state index contributed by atoms with van der Waals surface area (Å²) < 4.78 is 4.86. The van der Waals surface area contributed by atoms with Crippen molar-refractivity contribution in [2.45, 2.75) is 6.42 Å². The maximum absolute atomic E-state index is 11.1. The standard InChI is InChI=1S/C9H21N3O2/c1-12(2)7-6-11-9(13)10-5-4-8-14-3/h4-8H2,1-3H3,(H2,10,11,13). The predicted molar refractivity (Wildman–Crippen MR) is 56.4 cm³/mol. The smallest absolute Gasteiger partial charge is 0.314 e. The fraction of sp³-hybridized carbons (Fsp3) is 0.889. The molecule has 14 heavy (non-hydrogen) atoms. The van der Waals surface area contributed by atoms with Crippen LogP contribution in [-0.4, -0.2) is 58.4 Å². The summed E-state index contributed by atoms with van der Waals surface area (Å²) in [6.07, 6.45) is 0.845. The average Bonchev–Trinajstić information content (AvgIpc) is 2.12. The minimum atomic E-state index is -0.108. The van der Waals surface area contributed by atoms with E-state index in [-0.39, 0.29) is 6.03 Å². The number of carbonyl (C=O) groups excluding carboxylic acids is 1. The Hall–Kier alpha value is -0.810. The third kappa shape index (κ3) is 9.28. The summed E-state index contributed by atoms with van der Waals surface area (Å²) in [5, 5.41) is 5.50. The first-order valence-corrected chi connectivity index (χ1v) is 4.82. The number of carbonyl (C=O) groups is 1. The van der Waals surface area contributed by atoms with Gasteiger partial charge in [0.1, 0.15) is 0 Å². The van der Waals surface area contributed by atoms with E-state index >= 15 is 0 Å². The highest BCUT2D eigenvalue weighted by molar-refractivity contribution is 5.73. The summed E-state index contributed by atoms with van der Waals surface area (Å²) in [6, 6.07) is -0.108. The van der Waals surface area contributed by atoms with Gasteiger partial charge >= 0.3 is 6.03 Å². The van der Waals surface area contributed by atoms with Crippen LogP contribution in [0.4, 0.5) is 4.79 Å². The van der Waals surface area contributed by atoms with Crippen molar-refractivity contribution in [3.05, 3.63) is 0 Å². The molecule has 0 heterocycles. The molecule has 0 aromatic rings. The van der Waals surface area contributed by atoms with Crippen molar-refractivity contribution in [2.75, 3.05) is 47.4 Å². The Labute approximate surface area is 85.8 Å². The molecule has 0 radical (unpaired) electrons. The van der Waals surface area contributed by atoms with Gasteiger partial charge in [-0.2, -0.15) is 0 Å².